The maximum atomic E-state index is 12.3. The second-order valence-corrected chi connectivity index (χ2v) is 6.81. The zero-order valence-electron chi connectivity index (χ0n) is 11.9. The van der Waals surface area contributed by atoms with E-state index in [0.29, 0.717) is 18.8 Å². The number of nitrogens with two attached hydrogens (primary N) is 1. The fourth-order valence-electron chi connectivity index (χ4n) is 1.53. The van der Waals surface area contributed by atoms with E-state index >= 15 is 0 Å². The molecule has 0 bridgehead atoms. The standard InChI is InChI=1S/C13H22N2O3S/c1-10(2)18-8-7-15(4)19(16,17)12-5-6-13(14)11(3)9-12/h5-6,9-10H,7-8,14H2,1-4H3. The summed E-state index contributed by atoms with van der Waals surface area (Å²) in [7, 11) is -1.93. The quantitative estimate of drug-likeness (QED) is 0.807. The van der Waals surface area contributed by atoms with Crippen LogP contribution in [-0.2, 0) is 14.8 Å². The molecule has 0 amide bonds. The van der Waals surface area contributed by atoms with Gasteiger partial charge in [0, 0.05) is 19.3 Å². The number of likely N-dealkylation sites (N-methyl/N-ethyl adjacent to an activating group) is 1. The Hall–Kier alpha value is -1.11. The van der Waals surface area contributed by atoms with Crippen molar-refractivity contribution in [2.24, 2.45) is 0 Å². The van der Waals surface area contributed by atoms with Crippen LogP contribution in [0.4, 0.5) is 5.69 Å². The van der Waals surface area contributed by atoms with Gasteiger partial charge in [0.2, 0.25) is 10.0 Å². The van der Waals surface area contributed by atoms with E-state index < -0.39 is 10.0 Å². The number of sulfonamides is 1. The number of ether oxygens (including phenoxy) is 1. The Morgan fingerprint density at radius 1 is 1.37 bits per heavy atom. The Kier molecular flexibility index (Phi) is 5.34. The van der Waals surface area contributed by atoms with E-state index in [1.165, 1.54) is 10.4 Å². The molecule has 0 aliphatic carbocycles. The van der Waals surface area contributed by atoms with E-state index in [4.69, 9.17) is 10.5 Å². The predicted molar refractivity (Wildman–Crippen MR) is 76.5 cm³/mol. The minimum absolute atomic E-state index is 0.0925. The second kappa shape index (κ2) is 6.36. The van der Waals surface area contributed by atoms with Gasteiger partial charge in [0.15, 0.2) is 0 Å². The van der Waals surface area contributed by atoms with E-state index in [-0.39, 0.29) is 11.0 Å². The van der Waals surface area contributed by atoms with Gasteiger partial charge in [0.1, 0.15) is 0 Å². The highest BCUT2D eigenvalue weighted by Crippen LogP contribution is 2.19. The van der Waals surface area contributed by atoms with E-state index in [1.54, 1.807) is 26.1 Å². The monoisotopic (exact) mass is 286 g/mol. The molecule has 0 aliphatic rings. The maximum absolute atomic E-state index is 12.3. The number of nitrogens with zero attached hydrogens (tertiary/aromatic N) is 1. The highest BCUT2D eigenvalue weighted by molar-refractivity contribution is 7.89. The van der Waals surface area contributed by atoms with E-state index in [1.807, 2.05) is 13.8 Å². The summed E-state index contributed by atoms with van der Waals surface area (Å²) in [5.74, 6) is 0. The first kappa shape index (κ1) is 15.9. The van der Waals surface area contributed by atoms with Crippen LogP contribution in [-0.4, -0.2) is 39.0 Å². The zero-order chi connectivity index (χ0) is 14.6. The summed E-state index contributed by atoms with van der Waals surface area (Å²) in [4.78, 5) is 0.256. The molecule has 0 saturated heterocycles. The maximum Gasteiger partial charge on any atom is 0.242 e. The zero-order valence-corrected chi connectivity index (χ0v) is 12.7. The summed E-state index contributed by atoms with van der Waals surface area (Å²) >= 11 is 0. The summed E-state index contributed by atoms with van der Waals surface area (Å²) < 4.78 is 31.3. The van der Waals surface area contributed by atoms with Crippen molar-refractivity contribution in [3.8, 4) is 0 Å². The Morgan fingerprint density at radius 2 is 2.00 bits per heavy atom. The van der Waals surface area contributed by atoms with Gasteiger partial charge in [-0.3, -0.25) is 0 Å². The molecule has 108 valence electrons. The first-order valence-electron chi connectivity index (χ1n) is 6.19. The molecule has 0 spiro atoms. The average Bonchev–Trinajstić information content (AvgIpc) is 2.31. The lowest BCUT2D eigenvalue weighted by atomic mass is 10.2. The Morgan fingerprint density at radius 3 is 2.53 bits per heavy atom. The largest absolute Gasteiger partial charge is 0.399 e. The molecule has 5 nitrogen and oxygen atoms in total. The number of anilines is 1. The average molecular weight is 286 g/mol. The third-order valence-corrected chi connectivity index (χ3v) is 4.66. The summed E-state index contributed by atoms with van der Waals surface area (Å²) in [6.07, 6.45) is 0.0925. The fraction of sp³-hybridized carbons (Fsp3) is 0.538. The lowest BCUT2D eigenvalue weighted by Gasteiger charge is -2.18. The van der Waals surface area contributed by atoms with Crippen LogP contribution in [0.3, 0.4) is 0 Å². The summed E-state index contributed by atoms with van der Waals surface area (Å²) in [6.45, 7) is 6.32. The van der Waals surface area contributed by atoms with Crippen molar-refractivity contribution < 1.29 is 13.2 Å². The van der Waals surface area contributed by atoms with Gasteiger partial charge >= 0.3 is 0 Å². The minimum atomic E-state index is -3.48. The van der Waals surface area contributed by atoms with Crippen LogP contribution in [0, 0.1) is 6.92 Å². The van der Waals surface area contributed by atoms with Crippen LogP contribution in [0.5, 0.6) is 0 Å². The van der Waals surface area contributed by atoms with Crippen molar-refractivity contribution in [3.05, 3.63) is 23.8 Å². The topological polar surface area (TPSA) is 72.6 Å². The van der Waals surface area contributed by atoms with Crippen LogP contribution in [0.15, 0.2) is 23.1 Å². The molecule has 0 aliphatic heterocycles. The van der Waals surface area contributed by atoms with E-state index in [0.717, 1.165) is 5.56 Å². The van der Waals surface area contributed by atoms with Crippen molar-refractivity contribution >= 4 is 15.7 Å². The molecular weight excluding hydrogens is 264 g/mol. The first-order chi connectivity index (χ1) is 8.75. The lowest BCUT2D eigenvalue weighted by Crippen LogP contribution is -2.31. The van der Waals surface area contributed by atoms with E-state index in [2.05, 4.69) is 0 Å². The molecule has 0 unspecified atom stereocenters. The lowest BCUT2D eigenvalue weighted by molar-refractivity contribution is 0.0737. The number of hydrogen-bond acceptors (Lipinski definition) is 4. The summed E-state index contributed by atoms with van der Waals surface area (Å²) in [6, 6.07) is 4.72. The van der Waals surface area contributed by atoms with Crippen LogP contribution in [0.1, 0.15) is 19.4 Å². The molecule has 0 fully saturated rings. The van der Waals surface area contributed by atoms with Crippen molar-refractivity contribution in [1.82, 2.24) is 4.31 Å². The van der Waals surface area contributed by atoms with Gasteiger partial charge in [0.05, 0.1) is 17.6 Å². The predicted octanol–water partition coefficient (Wildman–Crippen LogP) is 1.62. The van der Waals surface area contributed by atoms with Gasteiger partial charge in [-0.1, -0.05) is 0 Å². The van der Waals surface area contributed by atoms with Crippen molar-refractivity contribution in [1.29, 1.82) is 0 Å². The normalized spacial score (nSPS) is 12.3. The number of benzene rings is 1. The molecule has 0 atom stereocenters. The van der Waals surface area contributed by atoms with Crippen LogP contribution >= 0.6 is 0 Å². The van der Waals surface area contributed by atoms with Crippen LogP contribution < -0.4 is 5.73 Å². The fourth-order valence-corrected chi connectivity index (χ4v) is 2.77. The summed E-state index contributed by atoms with van der Waals surface area (Å²) in [5.41, 5.74) is 7.04. The molecule has 19 heavy (non-hydrogen) atoms. The van der Waals surface area contributed by atoms with Gasteiger partial charge in [-0.25, -0.2) is 8.42 Å². The molecular formula is C13H22N2O3S. The van der Waals surface area contributed by atoms with Gasteiger partial charge in [-0.15, -0.1) is 0 Å². The molecule has 1 aromatic carbocycles. The van der Waals surface area contributed by atoms with Gasteiger partial charge in [-0.05, 0) is 44.5 Å². The molecule has 0 saturated carbocycles. The van der Waals surface area contributed by atoms with Gasteiger partial charge in [0.25, 0.3) is 0 Å². The number of nitrogen functional groups attached to an aromatic ring is 1. The van der Waals surface area contributed by atoms with Crippen LogP contribution in [0.2, 0.25) is 0 Å². The van der Waals surface area contributed by atoms with Gasteiger partial charge < -0.3 is 10.5 Å². The molecule has 6 heteroatoms. The van der Waals surface area contributed by atoms with Crippen LogP contribution in [0.25, 0.3) is 0 Å². The third-order valence-electron chi connectivity index (χ3n) is 2.81. The van der Waals surface area contributed by atoms with Crippen molar-refractivity contribution in [2.75, 3.05) is 25.9 Å². The Bertz CT molecular complexity index is 527. The molecule has 1 aromatic rings. The van der Waals surface area contributed by atoms with E-state index in [9.17, 15) is 8.42 Å². The smallest absolute Gasteiger partial charge is 0.242 e. The highest BCUT2D eigenvalue weighted by Gasteiger charge is 2.20. The van der Waals surface area contributed by atoms with Crippen molar-refractivity contribution in [2.45, 2.75) is 31.8 Å². The Labute approximate surface area is 115 Å². The summed E-state index contributed by atoms with van der Waals surface area (Å²) in [5, 5.41) is 0. The second-order valence-electron chi connectivity index (χ2n) is 4.76. The minimum Gasteiger partial charge on any atom is -0.399 e. The molecule has 2 N–H and O–H groups in total. The van der Waals surface area contributed by atoms with Gasteiger partial charge in [-0.2, -0.15) is 4.31 Å². The number of rotatable bonds is 6. The SMILES string of the molecule is Cc1cc(S(=O)(=O)N(C)CCOC(C)C)ccc1N. The molecule has 0 heterocycles. The van der Waals surface area contributed by atoms with Crippen molar-refractivity contribution in [3.63, 3.8) is 0 Å². The molecule has 0 aromatic heterocycles. The first-order valence-corrected chi connectivity index (χ1v) is 7.63. The third kappa shape index (κ3) is 4.19. The number of aryl methyl sites for hydroxylation is 1. The molecule has 0 radical (unpaired) electrons. The highest BCUT2D eigenvalue weighted by atomic mass is 32.2. The Balaban J connectivity index is 2.81. The number of hydrogen-bond donors (Lipinski definition) is 1. The molecule has 1 rings (SSSR count).